The molecule has 2 N–H and O–H groups in total. The third-order valence-electron chi connectivity index (χ3n) is 2.37. The second-order valence-corrected chi connectivity index (χ2v) is 4.26. The minimum Gasteiger partial charge on any atom is -0.330 e. The quantitative estimate of drug-likeness (QED) is 0.768. The zero-order valence-electron chi connectivity index (χ0n) is 9.98. The Kier molecular flexibility index (Phi) is 4.78. The zero-order chi connectivity index (χ0) is 11.3. The van der Waals surface area contributed by atoms with E-state index in [0.29, 0.717) is 6.04 Å². The maximum absolute atomic E-state index is 5.47. The second-order valence-electron chi connectivity index (χ2n) is 4.26. The van der Waals surface area contributed by atoms with Gasteiger partial charge in [0.25, 0.3) is 0 Å². The average Bonchev–Trinajstić information content (AvgIpc) is 2.63. The highest BCUT2D eigenvalue weighted by Crippen LogP contribution is 2.05. The molecule has 4 nitrogen and oxygen atoms in total. The van der Waals surface area contributed by atoms with Crippen LogP contribution in [0.4, 0.5) is 0 Å². The van der Waals surface area contributed by atoms with Crippen LogP contribution in [0.15, 0.2) is 12.3 Å². The molecule has 0 bridgehead atoms. The molecule has 0 aliphatic heterocycles. The Bertz CT molecular complexity index is 280. The van der Waals surface area contributed by atoms with Crippen LogP contribution in [-0.2, 0) is 6.54 Å². The van der Waals surface area contributed by atoms with Crippen molar-refractivity contribution in [3.63, 3.8) is 0 Å². The molecular formula is C11H22N4. The van der Waals surface area contributed by atoms with Crippen LogP contribution in [0.1, 0.15) is 32.0 Å². The summed E-state index contributed by atoms with van der Waals surface area (Å²) < 4.78 is 1.99. The number of aromatic nitrogens is 2. The van der Waals surface area contributed by atoms with Crippen LogP contribution in [-0.4, -0.2) is 34.8 Å². The van der Waals surface area contributed by atoms with Crippen molar-refractivity contribution in [2.75, 3.05) is 20.1 Å². The predicted octanol–water partition coefficient (Wildman–Crippen LogP) is 1.24. The standard InChI is InChI=1S/C11H22N4/c1-10(2)15-8-5-11(13-15)9-14(3)7-4-6-12/h5,8,10H,4,6-7,9,12H2,1-3H3. The zero-order valence-corrected chi connectivity index (χ0v) is 9.98. The Hall–Kier alpha value is -0.870. The van der Waals surface area contributed by atoms with Gasteiger partial charge in [0.1, 0.15) is 0 Å². The minimum absolute atomic E-state index is 0.438. The first kappa shape index (κ1) is 12.2. The molecule has 0 aromatic carbocycles. The van der Waals surface area contributed by atoms with Gasteiger partial charge in [0, 0.05) is 18.8 Å². The van der Waals surface area contributed by atoms with Crippen LogP contribution >= 0.6 is 0 Å². The van der Waals surface area contributed by atoms with Crippen molar-refractivity contribution in [3.8, 4) is 0 Å². The van der Waals surface area contributed by atoms with E-state index in [-0.39, 0.29) is 0 Å². The van der Waals surface area contributed by atoms with Crippen LogP contribution < -0.4 is 5.73 Å². The number of hydrogen-bond donors (Lipinski definition) is 1. The fourth-order valence-corrected chi connectivity index (χ4v) is 1.47. The van der Waals surface area contributed by atoms with Crippen molar-refractivity contribution in [2.24, 2.45) is 5.73 Å². The molecule has 15 heavy (non-hydrogen) atoms. The molecule has 0 aliphatic rings. The van der Waals surface area contributed by atoms with Gasteiger partial charge in [0.15, 0.2) is 0 Å². The third kappa shape index (κ3) is 4.01. The smallest absolute Gasteiger partial charge is 0.0764 e. The van der Waals surface area contributed by atoms with E-state index in [9.17, 15) is 0 Å². The SMILES string of the molecule is CC(C)n1ccc(CN(C)CCCN)n1. The summed E-state index contributed by atoms with van der Waals surface area (Å²) in [5, 5.41) is 4.50. The fraction of sp³-hybridized carbons (Fsp3) is 0.727. The van der Waals surface area contributed by atoms with E-state index in [1.807, 2.05) is 10.9 Å². The van der Waals surface area contributed by atoms with Crippen molar-refractivity contribution >= 4 is 0 Å². The summed E-state index contributed by atoms with van der Waals surface area (Å²) >= 11 is 0. The first-order valence-electron chi connectivity index (χ1n) is 5.56. The molecule has 0 aliphatic carbocycles. The van der Waals surface area contributed by atoms with Crippen LogP contribution in [0.2, 0.25) is 0 Å². The summed E-state index contributed by atoms with van der Waals surface area (Å²) in [6, 6.07) is 2.52. The van der Waals surface area contributed by atoms with Gasteiger partial charge >= 0.3 is 0 Å². The molecule has 0 saturated heterocycles. The molecule has 0 atom stereocenters. The summed E-state index contributed by atoms with van der Waals surface area (Å²) in [7, 11) is 2.10. The van der Waals surface area contributed by atoms with Crippen LogP contribution in [0.3, 0.4) is 0 Å². The lowest BCUT2D eigenvalue weighted by molar-refractivity contribution is 0.318. The molecule has 1 rings (SSSR count). The molecule has 0 radical (unpaired) electrons. The Morgan fingerprint density at radius 2 is 2.27 bits per heavy atom. The van der Waals surface area contributed by atoms with E-state index in [1.165, 1.54) is 0 Å². The van der Waals surface area contributed by atoms with E-state index in [1.54, 1.807) is 0 Å². The van der Waals surface area contributed by atoms with Crippen LogP contribution in [0, 0.1) is 0 Å². The topological polar surface area (TPSA) is 47.1 Å². The van der Waals surface area contributed by atoms with Gasteiger partial charge in [0.05, 0.1) is 5.69 Å². The van der Waals surface area contributed by atoms with Crippen LogP contribution in [0.5, 0.6) is 0 Å². The minimum atomic E-state index is 0.438. The summed E-state index contributed by atoms with van der Waals surface area (Å²) in [5.74, 6) is 0. The normalized spacial score (nSPS) is 11.6. The average molecular weight is 210 g/mol. The maximum Gasteiger partial charge on any atom is 0.0764 e. The van der Waals surface area contributed by atoms with Gasteiger partial charge in [-0.3, -0.25) is 4.68 Å². The van der Waals surface area contributed by atoms with Gasteiger partial charge < -0.3 is 10.6 Å². The molecule has 0 spiro atoms. The number of hydrogen-bond acceptors (Lipinski definition) is 3. The van der Waals surface area contributed by atoms with Crippen molar-refractivity contribution in [1.29, 1.82) is 0 Å². The molecule has 1 aromatic rings. The van der Waals surface area contributed by atoms with Gasteiger partial charge in [-0.15, -0.1) is 0 Å². The summed E-state index contributed by atoms with van der Waals surface area (Å²) in [5.41, 5.74) is 6.60. The highest BCUT2D eigenvalue weighted by atomic mass is 15.3. The van der Waals surface area contributed by atoms with E-state index in [2.05, 4.69) is 37.0 Å². The molecule has 0 amide bonds. The largest absolute Gasteiger partial charge is 0.330 e. The van der Waals surface area contributed by atoms with Crippen molar-refractivity contribution in [3.05, 3.63) is 18.0 Å². The van der Waals surface area contributed by atoms with Crippen molar-refractivity contribution in [1.82, 2.24) is 14.7 Å². The molecule has 86 valence electrons. The monoisotopic (exact) mass is 210 g/mol. The predicted molar refractivity (Wildman–Crippen MR) is 62.6 cm³/mol. The van der Waals surface area contributed by atoms with E-state index in [0.717, 1.165) is 31.7 Å². The number of rotatable bonds is 6. The van der Waals surface area contributed by atoms with E-state index >= 15 is 0 Å². The second kappa shape index (κ2) is 5.88. The maximum atomic E-state index is 5.47. The first-order valence-corrected chi connectivity index (χ1v) is 5.56. The molecular weight excluding hydrogens is 188 g/mol. The van der Waals surface area contributed by atoms with Crippen LogP contribution in [0.25, 0.3) is 0 Å². The lowest BCUT2D eigenvalue weighted by Crippen LogP contribution is -2.21. The Labute approximate surface area is 92.1 Å². The molecule has 0 saturated carbocycles. The van der Waals surface area contributed by atoms with Gasteiger partial charge in [0.2, 0.25) is 0 Å². The van der Waals surface area contributed by atoms with Gasteiger partial charge in [-0.2, -0.15) is 5.10 Å². The third-order valence-corrected chi connectivity index (χ3v) is 2.37. The van der Waals surface area contributed by atoms with E-state index in [4.69, 9.17) is 5.73 Å². The van der Waals surface area contributed by atoms with Gasteiger partial charge in [-0.05, 0) is 46.5 Å². The molecule has 1 aromatic heterocycles. The lowest BCUT2D eigenvalue weighted by atomic mass is 10.3. The molecule has 0 unspecified atom stereocenters. The number of nitrogens with two attached hydrogens (primary N) is 1. The van der Waals surface area contributed by atoms with Crippen molar-refractivity contribution in [2.45, 2.75) is 32.9 Å². The van der Waals surface area contributed by atoms with Crippen molar-refractivity contribution < 1.29 is 0 Å². The first-order chi connectivity index (χ1) is 7.13. The van der Waals surface area contributed by atoms with Gasteiger partial charge in [-0.1, -0.05) is 0 Å². The summed E-state index contributed by atoms with van der Waals surface area (Å²) in [6.07, 6.45) is 3.08. The number of nitrogens with zero attached hydrogens (tertiary/aromatic N) is 3. The summed E-state index contributed by atoms with van der Waals surface area (Å²) in [6.45, 7) is 6.96. The Morgan fingerprint density at radius 3 is 2.80 bits per heavy atom. The lowest BCUT2D eigenvalue weighted by Gasteiger charge is -2.14. The highest BCUT2D eigenvalue weighted by molar-refractivity contribution is 4.99. The Balaban J connectivity index is 2.42. The Morgan fingerprint density at radius 1 is 1.53 bits per heavy atom. The van der Waals surface area contributed by atoms with E-state index < -0.39 is 0 Å². The fourth-order valence-electron chi connectivity index (χ4n) is 1.47. The molecule has 1 heterocycles. The molecule has 4 heteroatoms. The van der Waals surface area contributed by atoms with Gasteiger partial charge in [-0.25, -0.2) is 0 Å². The highest BCUT2D eigenvalue weighted by Gasteiger charge is 2.04. The summed E-state index contributed by atoms with van der Waals surface area (Å²) in [4.78, 5) is 2.25. The molecule has 0 fully saturated rings.